The number of benzene rings is 1. The highest BCUT2D eigenvalue weighted by Crippen LogP contribution is 2.17. The molecule has 3 rings (SSSR count). The van der Waals surface area contributed by atoms with Gasteiger partial charge in [-0.25, -0.2) is 8.42 Å². The van der Waals surface area contributed by atoms with Crippen molar-refractivity contribution in [3.8, 4) is 0 Å². The van der Waals surface area contributed by atoms with Crippen LogP contribution in [0.25, 0.3) is 0 Å². The Labute approximate surface area is 121 Å². The molecule has 0 atom stereocenters. The lowest BCUT2D eigenvalue weighted by Gasteiger charge is -2.34. The van der Waals surface area contributed by atoms with E-state index in [1.165, 1.54) is 25.7 Å². The first kappa shape index (κ1) is 14.0. The van der Waals surface area contributed by atoms with Crippen LogP contribution >= 0.6 is 0 Å². The van der Waals surface area contributed by atoms with E-state index in [1.807, 2.05) is 6.07 Å². The van der Waals surface area contributed by atoms with Crippen LogP contribution in [0.15, 0.2) is 35.2 Å². The molecule has 1 aromatic carbocycles. The first-order chi connectivity index (χ1) is 9.68. The maximum atomic E-state index is 12.5. The fraction of sp³-hybridized carbons (Fsp3) is 0.600. The summed E-state index contributed by atoms with van der Waals surface area (Å²) < 4.78 is 26.7. The number of nitrogens with one attached hydrogen (secondary N) is 1. The van der Waals surface area contributed by atoms with Crippen LogP contribution in [-0.2, 0) is 10.0 Å². The second kappa shape index (κ2) is 5.84. The molecule has 2 aliphatic rings. The second-order valence-corrected chi connectivity index (χ2v) is 7.79. The van der Waals surface area contributed by atoms with E-state index in [9.17, 15) is 8.42 Å². The Morgan fingerprint density at radius 2 is 1.60 bits per heavy atom. The van der Waals surface area contributed by atoms with Gasteiger partial charge in [-0.15, -0.1) is 0 Å². The van der Waals surface area contributed by atoms with Gasteiger partial charge in [-0.05, 0) is 37.8 Å². The summed E-state index contributed by atoms with van der Waals surface area (Å²) in [7, 11) is -3.29. The number of hydrogen-bond donors (Lipinski definition) is 1. The van der Waals surface area contributed by atoms with Crippen LogP contribution in [0.1, 0.15) is 25.7 Å². The van der Waals surface area contributed by atoms with Crippen molar-refractivity contribution in [2.45, 2.75) is 36.6 Å². The summed E-state index contributed by atoms with van der Waals surface area (Å²) in [4.78, 5) is 2.03. The molecule has 0 unspecified atom stereocenters. The fourth-order valence-corrected chi connectivity index (χ4v) is 4.96. The van der Waals surface area contributed by atoms with Crippen LogP contribution in [0.3, 0.4) is 0 Å². The molecule has 4 nitrogen and oxygen atoms in total. The van der Waals surface area contributed by atoms with Crippen molar-refractivity contribution < 1.29 is 13.3 Å². The molecule has 1 saturated heterocycles. The van der Waals surface area contributed by atoms with Crippen LogP contribution in [-0.4, -0.2) is 44.9 Å². The number of nitrogens with zero attached hydrogens (tertiary/aromatic N) is 1. The molecule has 0 bridgehead atoms. The van der Waals surface area contributed by atoms with Crippen LogP contribution < -0.4 is 4.90 Å². The van der Waals surface area contributed by atoms with Gasteiger partial charge in [-0.1, -0.05) is 18.2 Å². The minimum absolute atomic E-state index is 0.421. The molecule has 0 aromatic heterocycles. The van der Waals surface area contributed by atoms with E-state index in [0.717, 1.165) is 19.1 Å². The minimum atomic E-state index is -3.29. The van der Waals surface area contributed by atoms with Gasteiger partial charge in [0.25, 0.3) is 0 Å². The Hall–Kier alpha value is -0.910. The summed E-state index contributed by atoms with van der Waals surface area (Å²) in [6, 6.07) is 9.56. The highest BCUT2D eigenvalue weighted by Gasteiger charge is 2.34. The molecule has 1 aromatic rings. The lowest BCUT2D eigenvalue weighted by Crippen LogP contribution is -3.18. The summed E-state index contributed by atoms with van der Waals surface area (Å²) in [5, 5.41) is 0. The maximum absolute atomic E-state index is 12.5. The molecule has 1 heterocycles. The van der Waals surface area contributed by atoms with Gasteiger partial charge < -0.3 is 4.90 Å². The fourth-order valence-electron chi connectivity index (χ4n) is 3.50. The average Bonchev–Trinajstić information content (AvgIpc) is 3.02. The molecule has 0 radical (unpaired) electrons. The Morgan fingerprint density at radius 3 is 2.20 bits per heavy atom. The molecule has 1 aliphatic heterocycles. The Balaban J connectivity index is 1.65. The largest absolute Gasteiger partial charge is 0.330 e. The van der Waals surface area contributed by atoms with Crippen molar-refractivity contribution in [3.63, 3.8) is 0 Å². The van der Waals surface area contributed by atoms with E-state index in [2.05, 4.69) is 0 Å². The zero-order valence-electron chi connectivity index (χ0n) is 11.8. The van der Waals surface area contributed by atoms with Gasteiger partial charge in [0.1, 0.15) is 0 Å². The van der Waals surface area contributed by atoms with Gasteiger partial charge >= 0.3 is 0 Å². The molecule has 5 heteroatoms. The molecule has 1 N–H and O–H groups in total. The highest BCUT2D eigenvalue weighted by atomic mass is 32.2. The monoisotopic (exact) mass is 295 g/mol. The van der Waals surface area contributed by atoms with E-state index in [0.29, 0.717) is 18.0 Å². The molecule has 20 heavy (non-hydrogen) atoms. The predicted molar refractivity (Wildman–Crippen MR) is 78.2 cm³/mol. The quantitative estimate of drug-likeness (QED) is 0.883. The summed E-state index contributed by atoms with van der Waals surface area (Å²) >= 11 is 0. The van der Waals surface area contributed by atoms with E-state index in [1.54, 1.807) is 33.5 Å². The third-order valence-corrected chi connectivity index (χ3v) is 6.59. The Kier molecular flexibility index (Phi) is 4.10. The van der Waals surface area contributed by atoms with Gasteiger partial charge in [0.05, 0.1) is 37.1 Å². The lowest BCUT2D eigenvalue weighted by atomic mass is 10.2. The smallest absolute Gasteiger partial charge is 0.243 e. The molecular formula is C15H23N2O2S+. The molecule has 2 fully saturated rings. The second-order valence-electron chi connectivity index (χ2n) is 5.86. The first-order valence-electron chi connectivity index (χ1n) is 7.58. The Morgan fingerprint density at radius 1 is 1.00 bits per heavy atom. The minimum Gasteiger partial charge on any atom is -0.330 e. The molecule has 1 aliphatic carbocycles. The number of quaternary nitrogens is 1. The summed E-state index contributed by atoms with van der Waals surface area (Å²) in [6.45, 7) is 3.22. The first-order valence-corrected chi connectivity index (χ1v) is 9.02. The molecule has 0 amide bonds. The van der Waals surface area contributed by atoms with Gasteiger partial charge in [0.15, 0.2) is 0 Å². The number of sulfonamides is 1. The van der Waals surface area contributed by atoms with Crippen LogP contribution in [0.2, 0.25) is 0 Å². The molecular weight excluding hydrogens is 272 g/mol. The summed E-state index contributed by atoms with van der Waals surface area (Å²) in [6.07, 6.45) is 5.34. The predicted octanol–water partition coefficient (Wildman–Crippen LogP) is 0.518. The van der Waals surface area contributed by atoms with Crippen molar-refractivity contribution >= 4 is 10.0 Å². The number of rotatable bonds is 3. The zero-order chi connectivity index (χ0) is 14.0. The molecule has 0 spiro atoms. The topological polar surface area (TPSA) is 41.8 Å². The third-order valence-electron chi connectivity index (χ3n) is 4.68. The third kappa shape index (κ3) is 2.75. The molecule has 110 valence electrons. The van der Waals surface area contributed by atoms with Crippen LogP contribution in [0, 0.1) is 0 Å². The normalized spacial score (nSPS) is 23.2. The summed E-state index contributed by atoms with van der Waals surface area (Å²) in [5.41, 5.74) is 0. The number of hydrogen-bond acceptors (Lipinski definition) is 2. The standard InChI is InChI=1S/C15H22N2O2S/c18-20(19,15-8-2-1-3-9-15)17-12-10-16(11-13-17)14-6-4-5-7-14/h1-3,8-9,14H,4-7,10-13H2/p+1. The van der Waals surface area contributed by atoms with Gasteiger partial charge in [0, 0.05) is 0 Å². The maximum Gasteiger partial charge on any atom is 0.243 e. The van der Waals surface area contributed by atoms with Crippen molar-refractivity contribution in [2.24, 2.45) is 0 Å². The molecule has 1 saturated carbocycles. The van der Waals surface area contributed by atoms with E-state index in [-0.39, 0.29) is 0 Å². The van der Waals surface area contributed by atoms with E-state index < -0.39 is 10.0 Å². The lowest BCUT2D eigenvalue weighted by molar-refractivity contribution is -0.928. The zero-order valence-corrected chi connectivity index (χ0v) is 12.6. The van der Waals surface area contributed by atoms with E-state index >= 15 is 0 Å². The van der Waals surface area contributed by atoms with Crippen LogP contribution in [0.4, 0.5) is 0 Å². The van der Waals surface area contributed by atoms with Crippen molar-refractivity contribution in [2.75, 3.05) is 26.2 Å². The SMILES string of the molecule is O=S(=O)(c1ccccc1)N1CC[NH+](C2CCCC2)CC1. The van der Waals surface area contributed by atoms with Gasteiger partial charge in [-0.2, -0.15) is 4.31 Å². The van der Waals surface area contributed by atoms with Crippen molar-refractivity contribution in [1.82, 2.24) is 4.31 Å². The van der Waals surface area contributed by atoms with Crippen LogP contribution in [0.5, 0.6) is 0 Å². The van der Waals surface area contributed by atoms with Crippen molar-refractivity contribution in [3.05, 3.63) is 30.3 Å². The van der Waals surface area contributed by atoms with Gasteiger partial charge in [-0.3, -0.25) is 0 Å². The average molecular weight is 295 g/mol. The summed E-state index contributed by atoms with van der Waals surface area (Å²) in [5.74, 6) is 0. The number of piperazine rings is 1. The van der Waals surface area contributed by atoms with E-state index in [4.69, 9.17) is 0 Å². The highest BCUT2D eigenvalue weighted by molar-refractivity contribution is 7.89. The van der Waals surface area contributed by atoms with Crippen molar-refractivity contribution in [1.29, 1.82) is 0 Å². The van der Waals surface area contributed by atoms with Gasteiger partial charge in [0.2, 0.25) is 10.0 Å². The Bertz CT molecular complexity index is 530.